The van der Waals surface area contributed by atoms with Gasteiger partial charge in [0.2, 0.25) is 5.24 Å². The second-order valence-electron chi connectivity index (χ2n) is 3.36. The number of anilines is 1. The highest BCUT2D eigenvalue weighted by atomic mass is 35.5. The minimum Gasteiger partial charge on any atom is -0.367 e. The largest absolute Gasteiger partial charge is 0.367 e. The molecule has 0 spiro atoms. The van der Waals surface area contributed by atoms with Crippen LogP contribution in [0.4, 0.5) is 5.00 Å². The van der Waals surface area contributed by atoms with Gasteiger partial charge in [0.15, 0.2) is 0 Å². The van der Waals surface area contributed by atoms with E-state index in [0.29, 0.717) is 5.02 Å². The van der Waals surface area contributed by atoms with Gasteiger partial charge in [-0.15, -0.1) is 11.3 Å². The second kappa shape index (κ2) is 5.54. The highest BCUT2D eigenvalue weighted by Crippen LogP contribution is 2.38. The monoisotopic (exact) mass is 285 g/mol. The molecule has 1 N–H and O–H groups in total. The minimum atomic E-state index is -0.435. The molecule has 0 radical (unpaired) electrons. The van der Waals surface area contributed by atoms with Crippen LogP contribution in [0.15, 0.2) is 36.4 Å². The molecule has 2 nitrogen and oxygen atoms in total. The summed E-state index contributed by atoms with van der Waals surface area (Å²) in [5.41, 5.74) is 1.10. The van der Waals surface area contributed by atoms with Gasteiger partial charge in [-0.1, -0.05) is 41.9 Å². The molecule has 88 valence electrons. The van der Waals surface area contributed by atoms with Crippen molar-refractivity contribution >= 4 is 44.8 Å². The number of halogens is 2. The van der Waals surface area contributed by atoms with Gasteiger partial charge in [-0.25, -0.2) is 0 Å². The van der Waals surface area contributed by atoms with E-state index >= 15 is 0 Å². The first-order valence-electron chi connectivity index (χ1n) is 4.94. The number of carbonyl (C=O) groups excluding carboxylic acids is 1. The summed E-state index contributed by atoms with van der Waals surface area (Å²) in [6, 6.07) is 11.8. The van der Waals surface area contributed by atoms with Crippen molar-refractivity contribution < 1.29 is 4.79 Å². The number of thiophene rings is 1. The van der Waals surface area contributed by atoms with Crippen LogP contribution in [0.3, 0.4) is 0 Å². The summed E-state index contributed by atoms with van der Waals surface area (Å²) in [6.07, 6.45) is 0. The van der Waals surface area contributed by atoms with Crippen molar-refractivity contribution in [2.75, 3.05) is 11.9 Å². The molecule has 0 fully saturated rings. The summed E-state index contributed by atoms with van der Waals surface area (Å²) >= 11 is 12.8. The second-order valence-corrected chi connectivity index (χ2v) is 5.24. The predicted molar refractivity (Wildman–Crippen MR) is 74.1 cm³/mol. The maximum Gasteiger partial charge on any atom is 0.240 e. The van der Waals surface area contributed by atoms with E-state index in [0.717, 1.165) is 15.4 Å². The van der Waals surface area contributed by atoms with Crippen LogP contribution in [0.2, 0.25) is 5.02 Å². The van der Waals surface area contributed by atoms with Crippen molar-refractivity contribution in [2.45, 2.75) is 0 Å². The van der Waals surface area contributed by atoms with Crippen LogP contribution < -0.4 is 5.32 Å². The molecule has 0 unspecified atom stereocenters. The Morgan fingerprint density at radius 1 is 1.29 bits per heavy atom. The molecule has 0 aliphatic heterocycles. The van der Waals surface area contributed by atoms with Crippen LogP contribution in [-0.4, -0.2) is 11.8 Å². The van der Waals surface area contributed by atoms with E-state index < -0.39 is 5.24 Å². The first-order valence-corrected chi connectivity index (χ1v) is 6.51. The van der Waals surface area contributed by atoms with Crippen LogP contribution in [-0.2, 0) is 4.79 Å². The standard InChI is InChI=1S/C12H9Cl2NOS/c13-9-6-10(8-4-2-1-3-5-8)17-12(9)15-7-11(14)16/h1-6,15H,7H2. The van der Waals surface area contributed by atoms with E-state index in [2.05, 4.69) is 5.32 Å². The molecule has 0 aliphatic carbocycles. The van der Waals surface area contributed by atoms with E-state index in [-0.39, 0.29) is 6.54 Å². The van der Waals surface area contributed by atoms with Gasteiger partial charge in [0.1, 0.15) is 5.00 Å². The Morgan fingerprint density at radius 3 is 2.65 bits per heavy atom. The van der Waals surface area contributed by atoms with Crippen molar-refractivity contribution in [3.05, 3.63) is 41.4 Å². The zero-order chi connectivity index (χ0) is 12.3. The van der Waals surface area contributed by atoms with Gasteiger partial charge in [0.05, 0.1) is 11.6 Å². The van der Waals surface area contributed by atoms with E-state index in [1.807, 2.05) is 36.4 Å². The smallest absolute Gasteiger partial charge is 0.240 e. The lowest BCUT2D eigenvalue weighted by atomic mass is 10.2. The summed E-state index contributed by atoms with van der Waals surface area (Å²) in [5.74, 6) is 0. The van der Waals surface area contributed by atoms with Crippen LogP contribution in [0.5, 0.6) is 0 Å². The van der Waals surface area contributed by atoms with Gasteiger partial charge in [0.25, 0.3) is 0 Å². The van der Waals surface area contributed by atoms with Crippen molar-refractivity contribution in [1.29, 1.82) is 0 Å². The Labute approximate surface area is 113 Å². The summed E-state index contributed by atoms with van der Waals surface area (Å²) in [6.45, 7) is 0.0794. The topological polar surface area (TPSA) is 29.1 Å². The van der Waals surface area contributed by atoms with E-state index in [9.17, 15) is 4.79 Å². The highest BCUT2D eigenvalue weighted by molar-refractivity contribution is 7.20. The third-order valence-electron chi connectivity index (χ3n) is 2.13. The Hall–Kier alpha value is -1.03. The maximum atomic E-state index is 10.7. The molecule has 0 saturated heterocycles. The van der Waals surface area contributed by atoms with Crippen LogP contribution in [0.1, 0.15) is 0 Å². The number of benzene rings is 1. The van der Waals surface area contributed by atoms with Gasteiger partial charge >= 0.3 is 0 Å². The Kier molecular flexibility index (Phi) is 4.05. The van der Waals surface area contributed by atoms with E-state index in [4.69, 9.17) is 23.2 Å². The fraction of sp³-hybridized carbons (Fsp3) is 0.0833. The van der Waals surface area contributed by atoms with Gasteiger partial charge in [-0.05, 0) is 23.2 Å². The Bertz CT molecular complexity index is 525. The van der Waals surface area contributed by atoms with Crippen molar-refractivity contribution in [3.8, 4) is 10.4 Å². The third kappa shape index (κ3) is 3.22. The molecule has 0 saturated carbocycles. The third-order valence-corrected chi connectivity index (χ3v) is 3.82. The fourth-order valence-corrected chi connectivity index (χ4v) is 2.76. The minimum absolute atomic E-state index is 0.0794. The molecular formula is C12H9Cl2NOS. The van der Waals surface area contributed by atoms with Gasteiger partial charge in [-0.2, -0.15) is 0 Å². The summed E-state index contributed by atoms with van der Waals surface area (Å²) in [7, 11) is 0. The number of nitrogens with one attached hydrogen (secondary N) is 1. The molecule has 0 atom stereocenters. The lowest BCUT2D eigenvalue weighted by Gasteiger charge is -1.99. The normalized spacial score (nSPS) is 10.2. The number of carbonyl (C=O) groups is 1. The SMILES string of the molecule is O=C(Cl)CNc1sc(-c2ccccc2)cc1Cl. The van der Waals surface area contributed by atoms with Gasteiger partial charge < -0.3 is 5.32 Å². The van der Waals surface area contributed by atoms with Gasteiger partial charge in [-0.3, -0.25) is 4.79 Å². The zero-order valence-corrected chi connectivity index (χ0v) is 11.1. The van der Waals surface area contributed by atoms with Crippen LogP contribution >= 0.6 is 34.5 Å². The first kappa shape index (κ1) is 12.4. The quantitative estimate of drug-likeness (QED) is 0.851. The van der Waals surface area contributed by atoms with Crippen molar-refractivity contribution in [2.24, 2.45) is 0 Å². The molecule has 1 aromatic heterocycles. The molecule has 0 bridgehead atoms. The summed E-state index contributed by atoms with van der Waals surface area (Å²) in [4.78, 5) is 11.7. The molecule has 5 heteroatoms. The van der Waals surface area contributed by atoms with Crippen molar-refractivity contribution in [1.82, 2.24) is 0 Å². The average Bonchev–Trinajstić information content (AvgIpc) is 2.69. The molecule has 17 heavy (non-hydrogen) atoms. The number of rotatable bonds is 4. The van der Waals surface area contributed by atoms with E-state index in [1.165, 1.54) is 11.3 Å². The average molecular weight is 286 g/mol. The Balaban J connectivity index is 2.22. The summed E-state index contributed by atoms with van der Waals surface area (Å²) < 4.78 is 0. The lowest BCUT2D eigenvalue weighted by Crippen LogP contribution is -2.06. The molecule has 2 rings (SSSR count). The lowest BCUT2D eigenvalue weighted by molar-refractivity contribution is -0.110. The van der Waals surface area contributed by atoms with E-state index in [1.54, 1.807) is 0 Å². The Morgan fingerprint density at radius 2 is 2.00 bits per heavy atom. The molecule has 0 amide bonds. The molecule has 2 aromatic rings. The number of hydrogen-bond donors (Lipinski definition) is 1. The first-order chi connectivity index (χ1) is 8.16. The zero-order valence-electron chi connectivity index (χ0n) is 8.74. The predicted octanol–water partition coefficient (Wildman–Crippen LogP) is 4.25. The molecule has 1 heterocycles. The van der Waals surface area contributed by atoms with Crippen LogP contribution in [0, 0.1) is 0 Å². The molecular weight excluding hydrogens is 277 g/mol. The summed E-state index contributed by atoms with van der Waals surface area (Å²) in [5, 5.41) is 3.84. The van der Waals surface area contributed by atoms with Crippen molar-refractivity contribution in [3.63, 3.8) is 0 Å². The highest BCUT2D eigenvalue weighted by Gasteiger charge is 2.09. The maximum absolute atomic E-state index is 10.7. The van der Waals surface area contributed by atoms with Gasteiger partial charge in [0, 0.05) is 4.88 Å². The fourth-order valence-electron chi connectivity index (χ4n) is 1.38. The molecule has 1 aromatic carbocycles. The molecule has 0 aliphatic rings. The van der Waals surface area contributed by atoms with Crippen LogP contribution in [0.25, 0.3) is 10.4 Å². The number of hydrogen-bond acceptors (Lipinski definition) is 3.